The molecule has 0 N–H and O–H groups in total. The Morgan fingerprint density at radius 2 is 1.86 bits per heavy atom. The maximum absolute atomic E-state index is 12.5. The van der Waals surface area contributed by atoms with Gasteiger partial charge < -0.3 is 19.0 Å². The van der Waals surface area contributed by atoms with Crippen LogP contribution in [0.3, 0.4) is 0 Å². The summed E-state index contributed by atoms with van der Waals surface area (Å²) in [6, 6.07) is 13.3. The van der Waals surface area contributed by atoms with E-state index in [9.17, 15) is 4.79 Å². The van der Waals surface area contributed by atoms with Gasteiger partial charge in [0, 0.05) is 50.8 Å². The van der Waals surface area contributed by atoms with Gasteiger partial charge in [-0.25, -0.2) is 4.98 Å². The summed E-state index contributed by atoms with van der Waals surface area (Å²) in [5, 5.41) is 8.15. The molecule has 1 aromatic carbocycles. The average Bonchev–Trinajstić information content (AvgIpc) is 3.27. The number of pyridine rings is 1. The SMILES string of the molecule is COc1ccc(-c2nnc(CCC(=O)N3CCN(c4ccccn4)CC3)o2)cc1. The second kappa shape index (κ2) is 8.72. The molecule has 4 rings (SSSR count). The predicted octanol–water partition coefficient (Wildman–Crippen LogP) is 2.42. The lowest BCUT2D eigenvalue weighted by atomic mass is 10.2. The Morgan fingerprint density at radius 1 is 1.07 bits per heavy atom. The smallest absolute Gasteiger partial charge is 0.247 e. The molecule has 0 spiro atoms. The first-order chi connectivity index (χ1) is 14.2. The summed E-state index contributed by atoms with van der Waals surface area (Å²) in [5.74, 6) is 2.74. The third-order valence-electron chi connectivity index (χ3n) is 4.96. The molecule has 1 aliphatic heterocycles. The Bertz CT molecular complexity index is 934. The number of benzene rings is 1. The number of ether oxygens (including phenoxy) is 1. The molecule has 1 fully saturated rings. The molecular formula is C21H23N5O3. The second-order valence-electron chi connectivity index (χ2n) is 6.79. The van der Waals surface area contributed by atoms with Crippen molar-refractivity contribution in [2.24, 2.45) is 0 Å². The van der Waals surface area contributed by atoms with Crippen LogP contribution in [0.1, 0.15) is 12.3 Å². The van der Waals surface area contributed by atoms with Gasteiger partial charge in [0.15, 0.2) is 0 Å². The summed E-state index contributed by atoms with van der Waals surface area (Å²) in [6.45, 7) is 2.95. The van der Waals surface area contributed by atoms with Gasteiger partial charge >= 0.3 is 0 Å². The lowest BCUT2D eigenvalue weighted by Gasteiger charge is -2.35. The van der Waals surface area contributed by atoms with E-state index in [1.165, 1.54) is 0 Å². The number of amides is 1. The third-order valence-corrected chi connectivity index (χ3v) is 4.96. The molecule has 0 radical (unpaired) electrons. The number of hydrogen-bond acceptors (Lipinski definition) is 7. The number of piperazine rings is 1. The van der Waals surface area contributed by atoms with Crippen LogP contribution < -0.4 is 9.64 Å². The highest BCUT2D eigenvalue weighted by molar-refractivity contribution is 5.76. The molecule has 150 valence electrons. The van der Waals surface area contributed by atoms with Crippen LogP contribution in [0.5, 0.6) is 5.75 Å². The lowest BCUT2D eigenvalue weighted by molar-refractivity contribution is -0.131. The standard InChI is InChI=1S/C21H23N5O3/c1-28-17-7-5-16(6-8-17)21-24-23-19(29-21)9-10-20(27)26-14-12-25(13-15-26)18-4-2-3-11-22-18/h2-8,11H,9-10,12-15H2,1H3. The van der Waals surface area contributed by atoms with Crippen LogP contribution in [0.15, 0.2) is 53.1 Å². The van der Waals surface area contributed by atoms with E-state index in [1.807, 2.05) is 47.4 Å². The van der Waals surface area contributed by atoms with Crippen LogP contribution in [0.4, 0.5) is 5.82 Å². The van der Waals surface area contributed by atoms with Gasteiger partial charge in [-0.3, -0.25) is 4.79 Å². The second-order valence-corrected chi connectivity index (χ2v) is 6.79. The summed E-state index contributed by atoms with van der Waals surface area (Å²) in [4.78, 5) is 21.0. The highest BCUT2D eigenvalue weighted by Gasteiger charge is 2.22. The number of aryl methyl sites for hydroxylation is 1. The largest absolute Gasteiger partial charge is 0.497 e. The van der Waals surface area contributed by atoms with Gasteiger partial charge in [0.05, 0.1) is 7.11 Å². The van der Waals surface area contributed by atoms with Crippen LogP contribution in [0.25, 0.3) is 11.5 Å². The number of aromatic nitrogens is 3. The fraction of sp³-hybridized carbons (Fsp3) is 0.333. The predicted molar refractivity (Wildman–Crippen MR) is 108 cm³/mol. The van der Waals surface area contributed by atoms with E-state index in [1.54, 1.807) is 13.3 Å². The van der Waals surface area contributed by atoms with E-state index in [0.29, 0.717) is 37.7 Å². The first-order valence-electron chi connectivity index (χ1n) is 9.63. The maximum Gasteiger partial charge on any atom is 0.247 e. The molecule has 0 aliphatic carbocycles. The number of anilines is 1. The van der Waals surface area contributed by atoms with Crippen molar-refractivity contribution >= 4 is 11.7 Å². The van der Waals surface area contributed by atoms with Gasteiger partial charge in [0.2, 0.25) is 17.7 Å². The van der Waals surface area contributed by atoms with Gasteiger partial charge in [-0.1, -0.05) is 6.07 Å². The van der Waals surface area contributed by atoms with Crippen molar-refractivity contribution in [2.75, 3.05) is 38.2 Å². The summed E-state index contributed by atoms with van der Waals surface area (Å²) in [7, 11) is 1.62. The van der Waals surface area contributed by atoms with Gasteiger partial charge in [-0.2, -0.15) is 0 Å². The molecule has 1 saturated heterocycles. The maximum atomic E-state index is 12.5. The molecule has 8 nitrogen and oxygen atoms in total. The zero-order valence-electron chi connectivity index (χ0n) is 16.3. The molecule has 0 atom stereocenters. The normalized spacial score (nSPS) is 14.1. The highest BCUT2D eigenvalue weighted by atomic mass is 16.5. The Hall–Kier alpha value is -3.42. The van der Waals surface area contributed by atoms with Gasteiger partial charge in [-0.15, -0.1) is 10.2 Å². The van der Waals surface area contributed by atoms with E-state index >= 15 is 0 Å². The summed E-state index contributed by atoms with van der Waals surface area (Å²) >= 11 is 0. The van der Waals surface area contributed by atoms with Crippen molar-refractivity contribution in [2.45, 2.75) is 12.8 Å². The monoisotopic (exact) mass is 393 g/mol. The fourth-order valence-electron chi connectivity index (χ4n) is 3.30. The highest BCUT2D eigenvalue weighted by Crippen LogP contribution is 2.21. The van der Waals surface area contributed by atoms with Gasteiger partial charge in [0.1, 0.15) is 11.6 Å². The number of nitrogens with zero attached hydrogens (tertiary/aromatic N) is 5. The van der Waals surface area contributed by atoms with Crippen LogP contribution >= 0.6 is 0 Å². The average molecular weight is 393 g/mol. The molecule has 3 heterocycles. The quantitative estimate of drug-likeness (QED) is 0.636. The van der Waals surface area contributed by atoms with E-state index < -0.39 is 0 Å². The number of rotatable bonds is 6. The third kappa shape index (κ3) is 4.53. The Kier molecular flexibility index (Phi) is 5.69. The molecular weight excluding hydrogens is 370 g/mol. The first-order valence-corrected chi connectivity index (χ1v) is 9.63. The Labute approximate surface area is 169 Å². The zero-order valence-corrected chi connectivity index (χ0v) is 16.3. The number of carbonyl (C=O) groups excluding carboxylic acids is 1. The molecule has 0 saturated carbocycles. The fourth-order valence-corrected chi connectivity index (χ4v) is 3.30. The summed E-state index contributed by atoms with van der Waals surface area (Å²) in [6.07, 6.45) is 2.58. The minimum atomic E-state index is 0.106. The van der Waals surface area contributed by atoms with Crippen LogP contribution in [-0.4, -0.2) is 59.3 Å². The molecule has 0 unspecified atom stereocenters. The number of carbonyl (C=O) groups is 1. The molecule has 8 heteroatoms. The van der Waals surface area contributed by atoms with Crippen LogP contribution in [0.2, 0.25) is 0 Å². The zero-order chi connectivity index (χ0) is 20.1. The summed E-state index contributed by atoms with van der Waals surface area (Å²) < 4.78 is 10.9. The van der Waals surface area contributed by atoms with E-state index in [4.69, 9.17) is 9.15 Å². The van der Waals surface area contributed by atoms with Crippen molar-refractivity contribution in [3.8, 4) is 17.2 Å². The van der Waals surface area contributed by atoms with Crippen molar-refractivity contribution < 1.29 is 13.9 Å². The lowest BCUT2D eigenvalue weighted by Crippen LogP contribution is -2.49. The van der Waals surface area contributed by atoms with E-state index in [-0.39, 0.29) is 5.91 Å². The topological polar surface area (TPSA) is 84.6 Å². The van der Waals surface area contributed by atoms with Crippen molar-refractivity contribution in [3.63, 3.8) is 0 Å². The van der Waals surface area contributed by atoms with E-state index in [2.05, 4.69) is 20.1 Å². The van der Waals surface area contributed by atoms with Crippen molar-refractivity contribution in [3.05, 3.63) is 54.6 Å². The molecule has 1 amide bonds. The molecule has 29 heavy (non-hydrogen) atoms. The molecule has 3 aromatic rings. The van der Waals surface area contributed by atoms with Gasteiger partial charge in [-0.05, 0) is 36.4 Å². The number of hydrogen-bond donors (Lipinski definition) is 0. The minimum absolute atomic E-state index is 0.106. The minimum Gasteiger partial charge on any atom is -0.497 e. The van der Waals surface area contributed by atoms with E-state index in [0.717, 1.165) is 30.2 Å². The molecule has 0 bridgehead atoms. The van der Waals surface area contributed by atoms with Gasteiger partial charge in [0.25, 0.3) is 0 Å². The van der Waals surface area contributed by atoms with Crippen molar-refractivity contribution in [1.82, 2.24) is 20.1 Å². The molecule has 2 aromatic heterocycles. The number of methoxy groups -OCH3 is 1. The molecule has 1 aliphatic rings. The Morgan fingerprint density at radius 3 is 2.55 bits per heavy atom. The summed E-state index contributed by atoms with van der Waals surface area (Å²) in [5.41, 5.74) is 0.821. The van der Waals surface area contributed by atoms with Crippen LogP contribution in [-0.2, 0) is 11.2 Å². The first kappa shape index (κ1) is 18.9. The Balaban J connectivity index is 1.27. The van der Waals surface area contributed by atoms with Crippen molar-refractivity contribution in [1.29, 1.82) is 0 Å². The van der Waals surface area contributed by atoms with Crippen LogP contribution in [0, 0.1) is 0 Å².